The molecule has 0 amide bonds. The molecular formula is C14H29NO2. The first-order chi connectivity index (χ1) is 8.13. The molecule has 2 N–H and O–H groups in total. The number of rotatable bonds is 12. The topological polar surface area (TPSA) is 49.3 Å². The third kappa shape index (κ3) is 15.4. The lowest BCUT2D eigenvalue weighted by Gasteiger charge is -2.07. The number of unbranched alkanes of at least 4 members (excludes halogenated alkanes) is 7. The van der Waals surface area contributed by atoms with Gasteiger partial charge in [0.25, 0.3) is 0 Å². The molecule has 0 spiro atoms. The van der Waals surface area contributed by atoms with E-state index < -0.39 is 5.97 Å². The van der Waals surface area contributed by atoms with Gasteiger partial charge in [-0.25, -0.2) is 0 Å². The average molecular weight is 243 g/mol. The van der Waals surface area contributed by atoms with E-state index in [1.807, 2.05) is 0 Å². The van der Waals surface area contributed by atoms with Crippen molar-refractivity contribution in [3.63, 3.8) is 0 Å². The lowest BCUT2D eigenvalue weighted by atomic mass is 10.1. The predicted octanol–water partition coefficient (Wildman–Crippen LogP) is 3.58. The lowest BCUT2D eigenvalue weighted by Crippen LogP contribution is -2.23. The molecular weight excluding hydrogens is 214 g/mol. The van der Waals surface area contributed by atoms with Crippen LogP contribution in [0.25, 0.3) is 0 Å². The molecule has 17 heavy (non-hydrogen) atoms. The van der Waals surface area contributed by atoms with Crippen LogP contribution in [0.5, 0.6) is 0 Å². The van der Waals surface area contributed by atoms with Crippen LogP contribution in [0.1, 0.15) is 71.6 Å². The maximum Gasteiger partial charge on any atom is 0.303 e. The normalized spacial score (nSPS) is 11.0. The van der Waals surface area contributed by atoms with E-state index in [1.165, 1.54) is 38.5 Å². The molecule has 0 heterocycles. The number of carbonyl (C=O) groups is 1. The summed E-state index contributed by atoms with van der Waals surface area (Å²) in [6.07, 6.45) is 9.91. The lowest BCUT2D eigenvalue weighted by molar-refractivity contribution is -0.137. The van der Waals surface area contributed by atoms with Crippen LogP contribution in [0.2, 0.25) is 0 Å². The zero-order valence-electron chi connectivity index (χ0n) is 11.5. The molecule has 0 aromatic rings. The van der Waals surface area contributed by atoms with Crippen LogP contribution < -0.4 is 5.32 Å². The number of carboxylic acids is 1. The maximum atomic E-state index is 10.3. The molecule has 0 saturated carbocycles. The van der Waals surface area contributed by atoms with Gasteiger partial charge in [-0.05, 0) is 19.4 Å². The Balaban J connectivity index is 2.96. The first-order valence-electron chi connectivity index (χ1n) is 7.08. The van der Waals surface area contributed by atoms with E-state index in [9.17, 15) is 4.79 Å². The van der Waals surface area contributed by atoms with E-state index in [0.717, 1.165) is 19.4 Å². The second kappa shape index (κ2) is 11.9. The Labute approximate surface area is 106 Å². The van der Waals surface area contributed by atoms with Crippen molar-refractivity contribution in [3.8, 4) is 0 Å². The number of hydrogen-bond donors (Lipinski definition) is 2. The quantitative estimate of drug-likeness (QED) is 0.515. The standard InChI is InChI=1S/C14H29NO2/c1-13(2)15-12-10-8-6-4-3-5-7-9-11-14(16)17/h13,15H,3-12H2,1-2H3,(H,16,17). The first kappa shape index (κ1) is 16.4. The summed E-state index contributed by atoms with van der Waals surface area (Å²) in [4.78, 5) is 10.3. The Morgan fingerprint density at radius 3 is 1.88 bits per heavy atom. The SMILES string of the molecule is CC(C)NCCCCCCCCCCC(=O)O. The Morgan fingerprint density at radius 1 is 0.941 bits per heavy atom. The van der Waals surface area contributed by atoms with Crippen molar-refractivity contribution in [2.75, 3.05) is 6.54 Å². The molecule has 0 unspecified atom stereocenters. The van der Waals surface area contributed by atoms with Gasteiger partial charge in [-0.1, -0.05) is 52.4 Å². The van der Waals surface area contributed by atoms with E-state index in [0.29, 0.717) is 12.5 Å². The third-order valence-electron chi connectivity index (χ3n) is 2.87. The van der Waals surface area contributed by atoms with Crippen LogP contribution in [0.15, 0.2) is 0 Å². The second-order valence-corrected chi connectivity index (χ2v) is 5.08. The van der Waals surface area contributed by atoms with E-state index in [-0.39, 0.29) is 0 Å². The molecule has 3 heteroatoms. The highest BCUT2D eigenvalue weighted by Gasteiger charge is 1.97. The molecule has 0 saturated heterocycles. The smallest absolute Gasteiger partial charge is 0.303 e. The Morgan fingerprint density at radius 2 is 1.41 bits per heavy atom. The number of nitrogens with one attached hydrogen (secondary N) is 1. The minimum absolute atomic E-state index is 0.334. The molecule has 0 bridgehead atoms. The highest BCUT2D eigenvalue weighted by molar-refractivity contribution is 5.66. The molecule has 0 aliphatic rings. The van der Waals surface area contributed by atoms with E-state index in [1.54, 1.807) is 0 Å². The van der Waals surface area contributed by atoms with Crippen LogP contribution in [0.3, 0.4) is 0 Å². The summed E-state index contributed by atoms with van der Waals surface area (Å²) < 4.78 is 0. The van der Waals surface area contributed by atoms with Crippen LogP contribution in [-0.2, 0) is 4.79 Å². The second-order valence-electron chi connectivity index (χ2n) is 5.08. The molecule has 0 aliphatic heterocycles. The van der Waals surface area contributed by atoms with E-state index in [4.69, 9.17) is 5.11 Å². The fourth-order valence-electron chi connectivity index (χ4n) is 1.85. The van der Waals surface area contributed by atoms with Gasteiger partial charge >= 0.3 is 5.97 Å². The largest absolute Gasteiger partial charge is 0.481 e. The fourth-order valence-corrected chi connectivity index (χ4v) is 1.85. The molecule has 0 aliphatic carbocycles. The molecule has 0 fully saturated rings. The molecule has 102 valence electrons. The molecule has 3 nitrogen and oxygen atoms in total. The van der Waals surface area contributed by atoms with Gasteiger partial charge in [-0.2, -0.15) is 0 Å². The Hall–Kier alpha value is -0.570. The molecule has 0 aromatic carbocycles. The number of aliphatic carboxylic acids is 1. The summed E-state index contributed by atoms with van der Waals surface area (Å²) in [6, 6.07) is 0.601. The Kier molecular flexibility index (Phi) is 11.5. The van der Waals surface area contributed by atoms with Crippen molar-refractivity contribution in [3.05, 3.63) is 0 Å². The van der Waals surface area contributed by atoms with Gasteiger partial charge in [0.2, 0.25) is 0 Å². The van der Waals surface area contributed by atoms with Crippen molar-refractivity contribution in [1.29, 1.82) is 0 Å². The minimum atomic E-state index is -0.664. The maximum absolute atomic E-state index is 10.3. The molecule has 0 radical (unpaired) electrons. The summed E-state index contributed by atoms with van der Waals surface area (Å²) in [5.74, 6) is -0.664. The summed E-state index contributed by atoms with van der Waals surface area (Å²) in [6.45, 7) is 5.49. The van der Waals surface area contributed by atoms with Crippen LogP contribution in [0, 0.1) is 0 Å². The first-order valence-corrected chi connectivity index (χ1v) is 7.08. The summed E-state index contributed by atoms with van der Waals surface area (Å²) >= 11 is 0. The van der Waals surface area contributed by atoms with Crippen LogP contribution in [-0.4, -0.2) is 23.7 Å². The average Bonchev–Trinajstić information content (AvgIpc) is 2.25. The van der Waals surface area contributed by atoms with Gasteiger partial charge in [0.1, 0.15) is 0 Å². The molecule has 0 rings (SSSR count). The monoisotopic (exact) mass is 243 g/mol. The minimum Gasteiger partial charge on any atom is -0.481 e. The molecule has 0 atom stereocenters. The van der Waals surface area contributed by atoms with Gasteiger partial charge in [0.05, 0.1) is 0 Å². The van der Waals surface area contributed by atoms with Gasteiger partial charge < -0.3 is 10.4 Å². The number of carboxylic acid groups (broad SMARTS) is 1. The van der Waals surface area contributed by atoms with Gasteiger partial charge in [0, 0.05) is 12.5 Å². The highest BCUT2D eigenvalue weighted by Crippen LogP contribution is 2.09. The summed E-state index contributed by atoms with van der Waals surface area (Å²) in [5.41, 5.74) is 0. The molecule has 0 aromatic heterocycles. The fraction of sp³-hybridized carbons (Fsp3) is 0.929. The van der Waals surface area contributed by atoms with Crippen LogP contribution >= 0.6 is 0 Å². The number of hydrogen-bond acceptors (Lipinski definition) is 2. The third-order valence-corrected chi connectivity index (χ3v) is 2.87. The summed E-state index contributed by atoms with van der Waals surface area (Å²) in [5, 5.41) is 11.9. The zero-order valence-corrected chi connectivity index (χ0v) is 11.5. The van der Waals surface area contributed by atoms with Gasteiger partial charge in [0.15, 0.2) is 0 Å². The van der Waals surface area contributed by atoms with Gasteiger partial charge in [-0.15, -0.1) is 0 Å². The van der Waals surface area contributed by atoms with Crippen molar-refractivity contribution < 1.29 is 9.90 Å². The van der Waals surface area contributed by atoms with Crippen LogP contribution in [0.4, 0.5) is 0 Å². The highest BCUT2D eigenvalue weighted by atomic mass is 16.4. The van der Waals surface area contributed by atoms with Crippen molar-refractivity contribution in [1.82, 2.24) is 5.32 Å². The zero-order chi connectivity index (χ0) is 12.9. The van der Waals surface area contributed by atoms with E-state index >= 15 is 0 Å². The van der Waals surface area contributed by atoms with E-state index in [2.05, 4.69) is 19.2 Å². The Bertz CT molecular complexity index is 181. The summed E-state index contributed by atoms with van der Waals surface area (Å²) in [7, 11) is 0. The van der Waals surface area contributed by atoms with Gasteiger partial charge in [-0.3, -0.25) is 4.79 Å². The van der Waals surface area contributed by atoms with Crippen molar-refractivity contribution in [2.45, 2.75) is 77.7 Å². The van der Waals surface area contributed by atoms with Crippen molar-refractivity contribution in [2.24, 2.45) is 0 Å². The predicted molar refractivity (Wildman–Crippen MR) is 72.3 cm³/mol. The van der Waals surface area contributed by atoms with Crippen molar-refractivity contribution >= 4 is 5.97 Å².